The number of carbonyl (C=O) groups is 3. The van der Waals surface area contributed by atoms with Crippen molar-refractivity contribution in [3.8, 4) is 0 Å². The summed E-state index contributed by atoms with van der Waals surface area (Å²) >= 11 is 0. The first kappa shape index (κ1) is 25.7. The third-order valence-corrected chi connectivity index (χ3v) is 5.90. The molecular formula is C28H31N5O4. The smallest absolute Gasteiger partial charge is 0.410 e. The maximum atomic E-state index is 13.6. The second-order valence-corrected chi connectivity index (χ2v) is 9.79. The maximum Gasteiger partial charge on any atom is 0.410 e. The molecule has 3 aromatic rings. The molecular weight excluding hydrogens is 470 g/mol. The average molecular weight is 502 g/mol. The van der Waals surface area contributed by atoms with Crippen molar-refractivity contribution in [3.05, 3.63) is 78.5 Å². The van der Waals surface area contributed by atoms with E-state index in [0.29, 0.717) is 22.9 Å². The molecule has 37 heavy (non-hydrogen) atoms. The number of rotatable bonds is 5. The molecule has 0 radical (unpaired) electrons. The number of nitrogens with zero attached hydrogens (tertiary/aromatic N) is 4. The van der Waals surface area contributed by atoms with Gasteiger partial charge in [-0.2, -0.15) is 0 Å². The summed E-state index contributed by atoms with van der Waals surface area (Å²) < 4.78 is 5.36. The highest BCUT2D eigenvalue weighted by atomic mass is 16.6. The second-order valence-electron chi connectivity index (χ2n) is 9.79. The van der Waals surface area contributed by atoms with E-state index in [-0.39, 0.29) is 12.6 Å². The Balaban J connectivity index is 1.61. The summed E-state index contributed by atoms with van der Waals surface area (Å²) in [5.74, 6) is -0.0870. The minimum Gasteiger partial charge on any atom is -0.444 e. The summed E-state index contributed by atoms with van der Waals surface area (Å²) in [5.41, 5.74) is 2.04. The Morgan fingerprint density at radius 3 is 2.16 bits per heavy atom. The number of hydrogen-bond acceptors (Lipinski definition) is 5. The minimum atomic E-state index is -0.795. The van der Waals surface area contributed by atoms with Gasteiger partial charge in [-0.1, -0.05) is 36.4 Å². The Hall–Kier alpha value is -4.40. The van der Waals surface area contributed by atoms with Gasteiger partial charge in [0.05, 0.1) is 23.6 Å². The molecule has 4 amide bonds. The van der Waals surface area contributed by atoms with Crippen molar-refractivity contribution in [2.24, 2.45) is 0 Å². The van der Waals surface area contributed by atoms with Crippen LogP contribution in [0.3, 0.4) is 0 Å². The topological polar surface area (TPSA) is 95.1 Å². The van der Waals surface area contributed by atoms with Crippen molar-refractivity contribution in [2.75, 3.05) is 22.2 Å². The number of pyridine rings is 1. The fourth-order valence-electron chi connectivity index (χ4n) is 3.86. The lowest BCUT2D eigenvalue weighted by molar-refractivity contribution is -0.120. The van der Waals surface area contributed by atoms with Gasteiger partial charge in [-0.05, 0) is 64.1 Å². The molecule has 0 fully saturated rings. The first-order chi connectivity index (χ1) is 17.5. The van der Waals surface area contributed by atoms with Crippen LogP contribution in [0.5, 0.6) is 0 Å². The van der Waals surface area contributed by atoms with E-state index in [2.05, 4.69) is 10.3 Å². The summed E-state index contributed by atoms with van der Waals surface area (Å²) in [6.45, 7) is 7.15. The number of anilines is 4. The molecule has 1 aliphatic heterocycles. The zero-order valence-electron chi connectivity index (χ0n) is 21.6. The SMILES string of the molecule is C[C@@H](C(=O)Nc1ccc2c(n1)CN(c1ccccc1)C(=O)N2c1ccccc1)N(C)C(=O)OC(C)(C)C. The van der Waals surface area contributed by atoms with E-state index >= 15 is 0 Å². The molecule has 0 saturated heterocycles. The number of benzene rings is 2. The highest BCUT2D eigenvalue weighted by Gasteiger charge is 2.34. The fourth-order valence-corrected chi connectivity index (χ4v) is 3.86. The summed E-state index contributed by atoms with van der Waals surface area (Å²) in [6.07, 6.45) is -0.593. The van der Waals surface area contributed by atoms with Gasteiger partial charge in [-0.25, -0.2) is 14.6 Å². The van der Waals surface area contributed by atoms with Gasteiger partial charge in [0.15, 0.2) is 0 Å². The van der Waals surface area contributed by atoms with Gasteiger partial charge in [0.2, 0.25) is 5.91 Å². The summed E-state index contributed by atoms with van der Waals surface area (Å²) in [7, 11) is 1.51. The van der Waals surface area contributed by atoms with E-state index in [0.717, 1.165) is 5.69 Å². The number of aromatic nitrogens is 1. The predicted octanol–water partition coefficient (Wildman–Crippen LogP) is 5.55. The number of fused-ring (bicyclic) bond motifs is 1. The number of para-hydroxylation sites is 2. The molecule has 1 N–H and O–H groups in total. The van der Waals surface area contributed by atoms with Gasteiger partial charge in [0, 0.05) is 12.7 Å². The van der Waals surface area contributed by atoms with Crippen LogP contribution in [-0.2, 0) is 16.1 Å². The van der Waals surface area contributed by atoms with Crippen LogP contribution in [0.4, 0.5) is 32.5 Å². The van der Waals surface area contributed by atoms with Crippen LogP contribution in [0, 0.1) is 0 Å². The lowest BCUT2D eigenvalue weighted by Crippen LogP contribution is -2.46. The molecule has 1 atom stereocenters. The van der Waals surface area contributed by atoms with Crippen LogP contribution in [-0.4, -0.2) is 46.6 Å². The van der Waals surface area contributed by atoms with E-state index in [1.54, 1.807) is 49.6 Å². The molecule has 1 aromatic heterocycles. The molecule has 0 unspecified atom stereocenters. The normalized spacial score (nSPS) is 14.0. The van der Waals surface area contributed by atoms with Gasteiger partial charge in [0.25, 0.3) is 0 Å². The second kappa shape index (κ2) is 10.3. The molecule has 192 valence electrons. The first-order valence-electron chi connectivity index (χ1n) is 12.0. The number of ether oxygens (including phenoxy) is 1. The van der Waals surface area contributed by atoms with E-state index < -0.39 is 23.6 Å². The average Bonchev–Trinajstić information content (AvgIpc) is 2.87. The van der Waals surface area contributed by atoms with Gasteiger partial charge in [-0.3, -0.25) is 19.5 Å². The summed E-state index contributed by atoms with van der Waals surface area (Å²) in [5, 5.41) is 2.79. The van der Waals surface area contributed by atoms with Crippen molar-refractivity contribution in [1.82, 2.24) is 9.88 Å². The Morgan fingerprint density at radius 1 is 0.973 bits per heavy atom. The Labute approximate surface area is 216 Å². The standard InChI is InChI=1S/C28H31N5O4/c1-19(31(5)27(36)37-28(2,3)4)25(34)30-24-17-16-23-22(29-24)18-32(20-12-8-6-9-13-20)26(35)33(23)21-14-10-7-11-15-21/h6-17,19H,18H2,1-5H3,(H,29,30,34)/t19-/m0/s1. The van der Waals surface area contributed by atoms with Crippen LogP contribution in [0.25, 0.3) is 0 Å². The zero-order chi connectivity index (χ0) is 26.7. The molecule has 1 aliphatic rings. The number of hydrogen-bond donors (Lipinski definition) is 1. The number of urea groups is 1. The Kier molecular flexibility index (Phi) is 7.15. The predicted molar refractivity (Wildman–Crippen MR) is 143 cm³/mol. The van der Waals surface area contributed by atoms with Crippen molar-refractivity contribution in [1.29, 1.82) is 0 Å². The lowest BCUT2D eigenvalue weighted by Gasteiger charge is -2.36. The van der Waals surface area contributed by atoms with Crippen LogP contribution in [0.15, 0.2) is 72.8 Å². The summed E-state index contributed by atoms with van der Waals surface area (Å²) in [4.78, 5) is 48.1. The zero-order valence-corrected chi connectivity index (χ0v) is 21.6. The highest BCUT2D eigenvalue weighted by Crippen LogP contribution is 2.36. The quantitative estimate of drug-likeness (QED) is 0.494. The van der Waals surface area contributed by atoms with Gasteiger partial charge < -0.3 is 10.1 Å². The number of carbonyl (C=O) groups excluding carboxylic acids is 3. The Bertz CT molecular complexity index is 1290. The molecule has 0 spiro atoms. The molecule has 0 aliphatic carbocycles. The van der Waals surface area contributed by atoms with Crippen LogP contribution in [0.1, 0.15) is 33.4 Å². The van der Waals surface area contributed by atoms with E-state index in [1.807, 2.05) is 60.7 Å². The third kappa shape index (κ3) is 5.72. The largest absolute Gasteiger partial charge is 0.444 e. The lowest BCUT2D eigenvalue weighted by atomic mass is 10.1. The highest BCUT2D eigenvalue weighted by molar-refractivity contribution is 6.10. The molecule has 0 bridgehead atoms. The van der Waals surface area contributed by atoms with Crippen molar-refractivity contribution < 1.29 is 19.1 Å². The van der Waals surface area contributed by atoms with Crippen LogP contribution >= 0.6 is 0 Å². The number of likely N-dealkylation sites (N-methyl/N-ethyl adjacent to an activating group) is 1. The molecule has 0 saturated carbocycles. The van der Waals surface area contributed by atoms with Crippen molar-refractivity contribution in [3.63, 3.8) is 0 Å². The van der Waals surface area contributed by atoms with Gasteiger partial charge in [-0.15, -0.1) is 0 Å². The summed E-state index contributed by atoms with van der Waals surface area (Å²) in [6, 6.07) is 21.1. The fraction of sp³-hybridized carbons (Fsp3) is 0.286. The maximum absolute atomic E-state index is 13.6. The van der Waals surface area contributed by atoms with E-state index in [4.69, 9.17) is 4.74 Å². The van der Waals surface area contributed by atoms with E-state index in [1.165, 1.54) is 11.9 Å². The van der Waals surface area contributed by atoms with E-state index in [9.17, 15) is 14.4 Å². The van der Waals surface area contributed by atoms with Gasteiger partial charge in [0.1, 0.15) is 17.5 Å². The van der Waals surface area contributed by atoms with Crippen molar-refractivity contribution in [2.45, 2.75) is 45.9 Å². The first-order valence-corrected chi connectivity index (χ1v) is 12.0. The van der Waals surface area contributed by atoms with Gasteiger partial charge >= 0.3 is 12.1 Å². The minimum absolute atomic E-state index is 0.198. The molecule has 9 nitrogen and oxygen atoms in total. The molecule has 2 heterocycles. The monoisotopic (exact) mass is 501 g/mol. The third-order valence-electron chi connectivity index (χ3n) is 5.90. The number of amides is 4. The molecule has 2 aromatic carbocycles. The Morgan fingerprint density at radius 2 is 1.57 bits per heavy atom. The number of nitrogens with one attached hydrogen (secondary N) is 1. The van der Waals surface area contributed by atoms with Crippen LogP contribution < -0.4 is 15.1 Å². The molecule has 9 heteroatoms. The molecule has 4 rings (SSSR count). The van der Waals surface area contributed by atoms with Crippen molar-refractivity contribution >= 4 is 40.9 Å². The van der Waals surface area contributed by atoms with Crippen LogP contribution in [0.2, 0.25) is 0 Å².